The maximum absolute atomic E-state index is 13.3. The van der Waals surface area contributed by atoms with Crippen molar-refractivity contribution in [3.8, 4) is 0 Å². The van der Waals surface area contributed by atoms with E-state index in [-0.39, 0.29) is 17.9 Å². The predicted octanol–water partition coefficient (Wildman–Crippen LogP) is 4.65. The van der Waals surface area contributed by atoms with Crippen LogP contribution in [0, 0.1) is 0 Å². The number of anilines is 2. The van der Waals surface area contributed by atoms with E-state index in [0.29, 0.717) is 11.4 Å². The highest BCUT2D eigenvalue weighted by atomic mass is 32.1. The van der Waals surface area contributed by atoms with Crippen LogP contribution in [0.25, 0.3) is 0 Å². The molecule has 0 bridgehead atoms. The summed E-state index contributed by atoms with van der Waals surface area (Å²) in [6.07, 6.45) is 4.37. The van der Waals surface area contributed by atoms with Crippen LogP contribution < -0.4 is 10.2 Å². The summed E-state index contributed by atoms with van der Waals surface area (Å²) in [5.41, 5.74) is 1.44. The van der Waals surface area contributed by atoms with E-state index < -0.39 is 0 Å². The van der Waals surface area contributed by atoms with Crippen molar-refractivity contribution in [2.75, 3.05) is 29.9 Å². The van der Waals surface area contributed by atoms with Gasteiger partial charge >= 0.3 is 0 Å². The number of benzene rings is 1. The van der Waals surface area contributed by atoms with Crippen molar-refractivity contribution in [3.63, 3.8) is 0 Å². The largest absolute Gasteiger partial charge is 0.459 e. The summed E-state index contributed by atoms with van der Waals surface area (Å²) in [7, 11) is 0. The summed E-state index contributed by atoms with van der Waals surface area (Å²) >= 11 is 1.80. The molecule has 0 saturated carbocycles. The SMILES string of the molecule is CC(=O)Nc1cccc(N(C(=O)c2ccco2)C2CCN(CCc3cccs3)CC2)c1. The highest BCUT2D eigenvalue weighted by molar-refractivity contribution is 7.09. The Kier molecular flexibility index (Phi) is 6.84. The zero-order valence-electron chi connectivity index (χ0n) is 17.6. The maximum Gasteiger partial charge on any atom is 0.294 e. The molecule has 1 N–H and O–H groups in total. The minimum atomic E-state index is -0.151. The summed E-state index contributed by atoms with van der Waals surface area (Å²) in [5, 5.41) is 4.93. The maximum atomic E-state index is 13.3. The molecule has 2 amide bonds. The summed E-state index contributed by atoms with van der Waals surface area (Å²) < 4.78 is 5.41. The summed E-state index contributed by atoms with van der Waals surface area (Å²) in [5.74, 6) is 0.0344. The summed E-state index contributed by atoms with van der Waals surface area (Å²) in [6.45, 7) is 4.41. The number of hydrogen-bond acceptors (Lipinski definition) is 5. The number of nitrogens with one attached hydrogen (secondary N) is 1. The number of carbonyl (C=O) groups excluding carboxylic acids is 2. The van der Waals surface area contributed by atoms with Gasteiger partial charge in [0.15, 0.2) is 5.76 Å². The fraction of sp³-hybridized carbons (Fsp3) is 0.333. The quantitative estimate of drug-likeness (QED) is 0.584. The highest BCUT2D eigenvalue weighted by Gasteiger charge is 2.31. The van der Waals surface area contributed by atoms with Gasteiger partial charge < -0.3 is 19.5 Å². The van der Waals surface area contributed by atoms with Gasteiger partial charge in [-0.1, -0.05) is 12.1 Å². The lowest BCUT2D eigenvalue weighted by Gasteiger charge is -2.38. The van der Waals surface area contributed by atoms with Crippen LogP contribution in [0.15, 0.2) is 64.6 Å². The second-order valence-corrected chi connectivity index (χ2v) is 8.82. The van der Waals surface area contributed by atoms with Gasteiger partial charge in [-0.2, -0.15) is 0 Å². The standard InChI is InChI=1S/C24H27N3O3S/c1-18(28)25-19-5-2-6-21(17-19)27(24(29)23-8-3-15-30-23)20-9-12-26(13-10-20)14-11-22-7-4-16-31-22/h2-8,15-17,20H,9-14H2,1H3,(H,25,28). The fourth-order valence-corrected chi connectivity index (χ4v) is 4.77. The molecule has 0 atom stereocenters. The van der Waals surface area contributed by atoms with Crippen molar-refractivity contribution >= 4 is 34.5 Å². The van der Waals surface area contributed by atoms with Crippen LogP contribution in [0.3, 0.4) is 0 Å². The van der Waals surface area contributed by atoms with Gasteiger partial charge in [-0.25, -0.2) is 0 Å². The lowest BCUT2D eigenvalue weighted by molar-refractivity contribution is -0.114. The van der Waals surface area contributed by atoms with Gasteiger partial charge in [0.2, 0.25) is 5.91 Å². The van der Waals surface area contributed by atoms with E-state index >= 15 is 0 Å². The first-order valence-electron chi connectivity index (χ1n) is 10.6. The van der Waals surface area contributed by atoms with Crippen LogP contribution in [0.1, 0.15) is 35.2 Å². The molecule has 162 valence electrons. The normalized spacial score (nSPS) is 15.0. The molecule has 3 aromatic rings. The van der Waals surface area contributed by atoms with E-state index in [1.807, 2.05) is 29.2 Å². The molecular formula is C24H27N3O3S. The number of piperidine rings is 1. The molecule has 2 aromatic heterocycles. The van der Waals surface area contributed by atoms with Crippen LogP contribution in [0.5, 0.6) is 0 Å². The molecule has 0 radical (unpaired) electrons. The first kappa shape index (κ1) is 21.3. The number of amides is 2. The molecule has 6 nitrogen and oxygen atoms in total. The van der Waals surface area contributed by atoms with Crippen LogP contribution >= 0.6 is 11.3 Å². The molecule has 0 unspecified atom stereocenters. The molecule has 1 aromatic carbocycles. The average molecular weight is 438 g/mol. The van der Waals surface area contributed by atoms with Crippen molar-refractivity contribution in [2.24, 2.45) is 0 Å². The third-order valence-corrected chi connectivity index (χ3v) is 6.51. The van der Waals surface area contributed by atoms with Gasteiger partial charge in [0.05, 0.1) is 6.26 Å². The minimum absolute atomic E-state index is 0.0724. The van der Waals surface area contributed by atoms with Gasteiger partial charge in [0.25, 0.3) is 5.91 Å². The van der Waals surface area contributed by atoms with Crippen molar-refractivity contribution in [1.29, 1.82) is 0 Å². The number of likely N-dealkylation sites (tertiary alicyclic amines) is 1. The second-order valence-electron chi connectivity index (χ2n) is 7.79. The number of nitrogens with zero attached hydrogens (tertiary/aromatic N) is 2. The molecule has 4 rings (SSSR count). The van der Waals surface area contributed by atoms with E-state index in [2.05, 4.69) is 27.7 Å². The average Bonchev–Trinajstić information content (AvgIpc) is 3.47. The topological polar surface area (TPSA) is 65.8 Å². The first-order valence-corrected chi connectivity index (χ1v) is 11.5. The zero-order valence-corrected chi connectivity index (χ0v) is 18.4. The Morgan fingerprint density at radius 1 is 1.16 bits per heavy atom. The number of hydrogen-bond donors (Lipinski definition) is 1. The number of carbonyl (C=O) groups is 2. The molecular weight excluding hydrogens is 410 g/mol. The highest BCUT2D eigenvalue weighted by Crippen LogP contribution is 2.28. The first-order chi connectivity index (χ1) is 15.1. The monoisotopic (exact) mass is 437 g/mol. The summed E-state index contributed by atoms with van der Waals surface area (Å²) in [4.78, 5) is 30.5. The molecule has 1 saturated heterocycles. The van der Waals surface area contributed by atoms with Gasteiger partial charge in [0, 0.05) is 48.9 Å². The number of furan rings is 1. The molecule has 7 heteroatoms. The molecule has 31 heavy (non-hydrogen) atoms. The van der Waals surface area contributed by atoms with E-state index in [0.717, 1.165) is 44.6 Å². The third-order valence-electron chi connectivity index (χ3n) is 5.57. The van der Waals surface area contributed by atoms with E-state index in [4.69, 9.17) is 4.42 Å². The van der Waals surface area contributed by atoms with Crippen LogP contribution in [0.2, 0.25) is 0 Å². The third kappa shape index (κ3) is 5.42. The Labute approximate surface area is 186 Å². The Hall–Kier alpha value is -2.90. The Morgan fingerprint density at radius 2 is 2.00 bits per heavy atom. The van der Waals surface area contributed by atoms with Crippen molar-refractivity contribution in [2.45, 2.75) is 32.2 Å². The molecule has 3 heterocycles. The van der Waals surface area contributed by atoms with Crippen molar-refractivity contribution in [3.05, 3.63) is 70.8 Å². The Morgan fingerprint density at radius 3 is 2.68 bits per heavy atom. The Balaban J connectivity index is 1.49. The fourth-order valence-electron chi connectivity index (χ4n) is 4.07. The van der Waals surface area contributed by atoms with Gasteiger partial charge in [-0.15, -0.1) is 11.3 Å². The molecule has 0 spiro atoms. The Bertz CT molecular complexity index is 993. The van der Waals surface area contributed by atoms with E-state index in [9.17, 15) is 9.59 Å². The molecule has 1 aliphatic rings. The smallest absolute Gasteiger partial charge is 0.294 e. The van der Waals surface area contributed by atoms with E-state index in [1.165, 1.54) is 18.1 Å². The molecule has 1 fully saturated rings. The lowest BCUT2D eigenvalue weighted by atomic mass is 10.0. The van der Waals surface area contributed by atoms with Crippen molar-refractivity contribution < 1.29 is 14.0 Å². The van der Waals surface area contributed by atoms with Crippen molar-refractivity contribution in [1.82, 2.24) is 4.90 Å². The minimum Gasteiger partial charge on any atom is -0.459 e. The predicted molar refractivity (Wildman–Crippen MR) is 124 cm³/mol. The summed E-state index contributed by atoms with van der Waals surface area (Å²) in [6, 6.07) is 15.2. The van der Waals surface area contributed by atoms with Crippen LogP contribution in [-0.2, 0) is 11.2 Å². The van der Waals surface area contributed by atoms with Gasteiger partial charge in [-0.05, 0) is 61.0 Å². The van der Waals surface area contributed by atoms with Gasteiger partial charge in [-0.3, -0.25) is 9.59 Å². The van der Waals surface area contributed by atoms with Crippen LogP contribution in [-0.4, -0.2) is 42.4 Å². The van der Waals surface area contributed by atoms with Crippen LogP contribution in [0.4, 0.5) is 11.4 Å². The molecule has 0 aliphatic carbocycles. The van der Waals surface area contributed by atoms with Gasteiger partial charge in [0.1, 0.15) is 0 Å². The number of thiophene rings is 1. The number of rotatable bonds is 7. The molecule has 1 aliphatic heterocycles. The lowest BCUT2D eigenvalue weighted by Crippen LogP contribution is -2.48. The second kappa shape index (κ2) is 9.94. The zero-order chi connectivity index (χ0) is 21.6. The van der Waals surface area contributed by atoms with E-state index in [1.54, 1.807) is 23.5 Å².